The molecule has 0 saturated heterocycles. The van der Waals surface area contributed by atoms with E-state index in [4.69, 9.17) is 16.3 Å². The van der Waals surface area contributed by atoms with E-state index in [-0.39, 0.29) is 16.3 Å². The molecule has 2 amide bonds. The largest absolute Gasteiger partial charge is 0.495 e. The lowest BCUT2D eigenvalue weighted by Gasteiger charge is -2.10. The number of nitrogens with one attached hydrogen (secondary N) is 2. The second-order valence-electron chi connectivity index (χ2n) is 4.79. The first-order valence-corrected chi connectivity index (χ1v) is 7.47. The number of para-hydroxylation sites is 1. The van der Waals surface area contributed by atoms with Crippen molar-refractivity contribution in [2.45, 2.75) is 0 Å². The molecule has 0 saturated carbocycles. The Morgan fingerprint density at radius 2 is 1.64 bits per heavy atom. The van der Waals surface area contributed by atoms with Gasteiger partial charge in [0, 0.05) is 5.69 Å². The van der Waals surface area contributed by atoms with Gasteiger partial charge in [-0.2, -0.15) is 0 Å². The molecule has 0 bridgehead atoms. The average Bonchev–Trinajstić information content (AvgIpc) is 2.61. The van der Waals surface area contributed by atoms with E-state index in [9.17, 15) is 14.4 Å². The summed E-state index contributed by atoms with van der Waals surface area (Å²) in [4.78, 5) is 35.7. The molecule has 0 unspecified atom stereocenters. The molecule has 2 aromatic rings. The van der Waals surface area contributed by atoms with Crippen LogP contribution in [0.15, 0.2) is 42.5 Å². The van der Waals surface area contributed by atoms with Crippen molar-refractivity contribution in [2.24, 2.45) is 0 Å². The summed E-state index contributed by atoms with van der Waals surface area (Å²) in [6.45, 7) is 0. The van der Waals surface area contributed by atoms with E-state index in [1.807, 2.05) is 0 Å². The highest BCUT2D eigenvalue weighted by Gasteiger charge is 2.18. The summed E-state index contributed by atoms with van der Waals surface area (Å²) in [7, 11) is 2.69. The Morgan fingerprint density at radius 3 is 2.28 bits per heavy atom. The number of hydrogen-bond donors (Lipinski definition) is 2. The summed E-state index contributed by atoms with van der Waals surface area (Å²) >= 11 is 5.97. The van der Waals surface area contributed by atoms with Gasteiger partial charge in [-0.05, 0) is 30.3 Å². The molecule has 0 aromatic heterocycles. The zero-order valence-electron chi connectivity index (χ0n) is 13.5. The Balaban J connectivity index is 2.10. The molecular weight excluding hydrogens is 348 g/mol. The van der Waals surface area contributed by atoms with Gasteiger partial charge in [-0.1, -0.05) is 23.7 Å². The summed E-state index contributed by atoms with van der Waals surface area (Å²) < 4.78 is 9.64. The zero-order chi connectivity index (χ0) is 18.4. The molecule has 2 rings (SSSR count). The van der Waals surface area contributed by atoms with Crippen LogP contribution < -0.4 is 15.4 Å². The number of methoxy groups -OCH3 is 2. The van der Waals surface area contributed by atoms with E-state index in [0.29, 0.717) is 11.4 Å². The highest BCUT2D eigenvalue weighted by Crippen LogP contribution is 2.27. The van der Waals surface area contributed by atoms with Crippen LogP contribution in [0.1, 0.15) is 10.4 Å². The van der Waals surface area contributed by atoms with Gasteiger partial charge in [0.2, 0.25) is 0 Å². The maximum absolute atomic E-state index is 12.1. The molecule has 25 heavy (non-hydrogen) atoms. The molecule has 2 aromatic carbocycles. The van der Waals surface area contributed by atoms with Crippen molar-refractivity contribution in [2.75, 3.05) is 24.9 Å². The second kappa shape index (κ2) is 8.16. The van der Waals surface area contributed by atoms with Gasteiger partial charge in [0.15, 0.2) is 0 Å². The topological polar surface area (TPSA) is 93.7 Å². The Labute approximate surface area is 148 Å². The van der Waals surface area contributed by atoms with Crippen LogP contribution in [0, 0.1) is 0 Å². The maximum atomic E-state index is 12.1. The predicted molar refractivity (Wildman–Crippen MR) is 93.0 cm³/mol. The number of carbonyl (C=O) groups is 3. The minimum absolute atomic E-state index is 0.138. The molecule has 130 valence electrons. The van der Waals surface area contributed by atoms with Crippen molar-refractivity contribution >= 4 is 40.8 Å². The molecule has 0 fully saturated rings. The van der Waals surface area contributed by atoms with Gasteiger partial charge in [-0.15, -0.1) is 0 Å². The van der Waals surface area contributed by atoms with Crippen molar-refractivity contribution in [3.63, 3.8) is 0 Å². The Hall–Kier alpha value is -3.06. The second-order valence-corrected chi connectivity index (χ2v) is 5.20. The van der Waals surface area contributed by atoms with Gasteiger partial charge in [-0.25, -0.2) is 4.79 Å². The van der Waals surface area contributed by atoms with Crippen LogP contribution in [0.5, 0.6) is 5.75 Å². The number of esters is 1. The minimum atomic E-state index is -0.941. The molecule has 0 spiro atoms. The first-order chi connectivity index (χ1) is 12.0. The lowest BCUT2D eigenvalue weighted by molar-refractivity contribution is -0.133. The number of carbonyl (C=O) groups excluding carboxylic acids is 3. The van der Waals surface area contributed by atoms with Crippen LogP contribution in [0.3, 0.4) is 0 Å². The lowest BCUT2D eigenvalue weighted by Crippen LogP contribution is -2.29. The van der Waals surface area contributed by atoms with E-state index >= 15 is 0 Å². The first-order valence-electron chi connectivity index (χ1n) is 7.09. The number of rotatable bonds is 4. The highest BCUT2D eigenvalue weighted by molar-refractivity contribution is 6.44. The number of benzene rings is 2. The van der Waals surface area contributed by atoms with Crippen LogP contribution in [0.2, 0.25) is 5.02 Å². The fraction of sp³-hybridized carbons (Fsp3) is 0.118. The van der Waals surface area contributed by atoms with Crippen LogP contribution in [0.25, 0.3) is 0 Å². The van der Waals surface area contributed by atoms with Gasteiger partial charge in [0.25, 0.3) is 0 Å². The smallest absolute Gasteiger partial charge is 0.339 e. The highest BCUT2D eigenvalue weighted by atomic mass is 35.5. The quantitative estimate of drug-likeness (QED) is 0.644. The number of halogens is 1. The van der Waals surface area contributed by atoms with Crippen molar-refractivity contribution in [3.8, 4) is 5.75 Å². The molecule has 8 heteroatoms. The normalized spacial score (nSPS) is 9.88. The standard InChI is InChI=1S/C17H15ClN2O5/c1-24-14-8-7-10(9-12(14)18)19-15(21)16(22)20-13-6-4-3-5-11(13)17(23)25-2/h3-9H,1-2H3,(H,19,21)(H,20,22). The van der Waals surface area contributed by atoms with Gasteiger partial charge in [0.1, 0.15) is 5.75 Å². The summed E-state index contributed by atoms with van der Waals surface area (Å²) in [5.41, 5.74) is 0.633. The lowest BCUT2D eigenvalue weighted by atomic mass is 10.2. The third-order valence-corrected chi connectivity index (χ3v) is 3.49. The summed E-state index contributed by atoms with van der Waals surface area (Å²) in [5.74, 6) is -2.04. The van der Waals surface area contributed by atoms with Gasteiger partial charge >= 0.3 is 17.8 Å². The van der Waals surface area contributed by atoms with Crippen molar-refractivity contribution in [3.05, 3.63) is 53.1 Å². The molecule has 0 aliphatic heterocycles. The molecular formula is C17H15ClN2O5. The zero-order valence-corrected chi connectivity index (χ0v) is 14.2. The number of anilines is 2. The van der Waals surface area contributed by atoms with Crippen LogP contribution in [0.4, 0.5) is 11.4 Å². The molecule has 0 heterocycles. The monoisotopic (exact) mass is 362 g/mol. The molecule has 7 nitrogen and oxygen atoms in total. The number of hydrogen-bond acceptors (Lipinski definition) is 5. The SMILES string of the molecule is COC(=O)c1ccccc1NC(=O)C(=O)Nc1ccc(OC)c(Cl)c1. The van der Waals surface area contributed by atoms with Crippen molar-refractivity contribution in [1.29, 1.82) is 0 Å². The van der Waals surface area contributed by atoms with Crippen molar-refractivity contribution in [1.82, 2.24) is 0 Å². The van der Waals surface area contributed by atoms with Crippen LogP contribution >= 0.6 is 11.6 Å². The van der Waals surface area contributed by atoms with Gasteiger partial charge in [0.05, 0.1) is 30.5 Å². The van der Waals surface area contributed by atoms with Crippen LogP contribution in [-0.2, 0) is 14.3 Å². The fourth-order valence-electron chi connectivity index (χ4n) is 1.99. The average molecular weight is 363 g/mol. The summed E-state index contributed by atoms with van der Waals surface area (Å²) in [5, 5.41) is 5.07. The Bertz CT molecular complexity index is 822. The molecule has 2 N–H and O–H groups in total. The van der Waals surface area contributed by atoms with E-state index < -0.39 is 17.8 Å². The van der Waals surface area contributed by atoms with Crippen molar-refractivity contribution < 1.29 is 23.9 Å². The van der Waals surface area contributed by atoms with Gasteiger partial charge in [-0.3, -0.25) is 9.59 Å². The predicted octanol–water partition coefficient (Wildman–Crippen LogP) is 2.71. The van der Waals surface area contributed by atoms with E-state index in [0.717, 1.165) is 0 Å². The maximum Gasteiger partial charge on any atom is 0.339 e. The molecule has 0 atom stereocenters. The number of ether oxygens (including phenoxy) is 2. The third kappa shape index (κ3) is 4.48. The fourth-order valence-corrected chi connectivity index (χ4v) is 2.25. The van der Waals surface area contributed by atoms with E-state index in [1.165, 1.54) is 38.5 Å². The minimum Gasteiger partial charge on any atom is -0.495 e. The molecule has 0 radical (unpaired) electrons. The molecule has 0 aliphatic rings. The Kier molecular flexibility index (Phi) is 5.97. The van der Waals surface area contributed by atoms with Crippen LogP contribution in [-0.4, -0.2) is 32.0 Å². The summed E-state index contributed by atoms with van der Waals surface area (Å²) in [6, 6.07) is 10.7. The third-order valence-electron chi connectivity index (χ3n) is 3.20. The first kappa shape index (κ1) is 18.3. The summed E-state index contributed by atoms with van der Waals surface area (Å²) in [6.07, 6.45) is 0. The van der Waals surface area contributed by atoms with E-state index in [2.05, 4.69) is 15.4 Å². The molecule has 0 aliphatic carbocycles. The Morgan fingerprint density at radius 1 is 0.960 bits per heavy atom. The number of amides is 2. The van der Waals surface area contributed by atoms with Gasteiger partial charge < -0.3 is 20.1 Å². The van der Waals surface area contributed by atoms with E-state index in [1.54, 1.807) is 18.2 Å².